The van der Waals surface area contributed by atoms with Gasteiger partial charge in [-0.05, 0) is 23.1 Å². The van der Waals surface area contributed by atoms with E-state index >= 15 is 0 Å². The number of amides is 1. The van der Waals surface area contributed by atoms with E-state index in [0.29, 0.717) is 18.0 Å². The van der Waals surface area contributed by atoms with Gasteiger partial charge in [0.2, 0.25) is 15.9 Å². The van der Waals surface area contributed by atoms with E-state index < -0.39 is 10.0 Å². The van der Waals surface area contributed by atoms with E-state index in [1.807, 2.05) is 54.6 Å². The lowest BCUT2D eigenvalue weighted by atomic mass is 10.1. The Morgan fingerprint density at radius 2 is 1.73 bits per heavy atom. The molecule has 0 saturated carbocycles. The van der Waals surface area contributed by atoms with Crippen molar-refractivity contribution in [2.75, 3.05) is 29.4 Å². The number of anilines is 1. The Bertz CT molecular complexity index is 1130. The summed E-state index contributed by atoms with van der Waals surface area (Å²) in [6.07, 6.45) is 1.11. The van der Waals surface area contributed by atoms with Gasteiger partial charge in [0.25, 0.3) is 0 Å². The van der Waals surface area contributed by atoms with Crippen molar-refractivity contribution in [2.45, 2.75) is 5.75 Å². The van der Waals surface area contributed by atoms with Crippen molar-refractivity contribution in [3.8, 4) is 0 Å². The third-order valence-electron chi connectivity index (χ3n) is 4.51. The molecule has 0 aliphatic heterocycles. The number of carbonyl (C=O) groups excluding carboxylic acids is 1. The van der Waals surface area contributed by atoms with Gasteiger partial charge in [0.15, 0.2) is 0 Å². The number of rotatable bonds is 9. The second-order valence-corrected chi connectivity index (χ2v) is 10.2. The molecule has 0 unspecified atom stereocenters. The number of fused-ring (bicyclic) bond motifs is 1. The van der Waals surface area contributed by atoms with Gasteiger partial charge in [-0.25, -0.2) is 8.42 Å². The SMILES string of the molecule is CS(=O)(=O)N(CC(=O)NCCSCc1ccccc1Cl)c1cccc2ccccc12. The van der Waals surface area contributed by atoms with Crippen LogP contribution in [0.3, 0.4) is 0 Å². The van der Waals surface area contributed by atoms with Crippen molar-refractivity contribution in [3.63, 3.8) is 0 Å². The molecule has 1 N–H and O–H groups in total. The Kier molecular flexibility index (Phi) is 7.64. The maximum absolute atomic E-state index is 12.4. The van der Waals surface area contributed by atoms with Crippen LogP contribution >= 0.6 is 23.4 Å². The zero-order chi connectivity index (χ0) is 21.6. The lowest BCUT2D eigenvalue weighted by Gasteiger charge is -2.23. The number of sulfonamides is 1. The molecule has 3 rings (SSSR count). The molecule has 8 heteroatoms. The van der Waals surface area contributed by atoms with Gasteiger partial charge in [-0.3, -0.25) is 9.10 Å². The average Bonchev–Trinajstić information content (AvgIpc) is 2.72. The van der Waals surface area contributed by atoms with Crippen LogP contribution in [0.15, 0.2) is 66.7 Å². The van der Waals surface area contributed by atoms with Gasteiger partial charge in [-0.1, -0.05) is 66.2 Å². The minimum absolute atomic E-state index is 0.262. The molecule has 158 valence electrons. The fourth-order valence-electron chi connectivity index (χ4n) is 3.05. The van der Waals surface area contributed by atoms with E-state index in [0.717, 1.165) is 37.7 Å². The molecule has 3 aromatic rings. The van der Waals surface area contributed by atoms with Crippen molar-refractivity contribution in [1.29, 1.82) is 0 Å². The number of hydrogen-bond donors (Lipinski definition) is 1. The first kappa shape index (κ1) is 22.5. The van der Waals surface area contributed by atoms with Crippen LogP contribution in [0, 0.1) is 0 Å². The summed E-state index contributed by atoms with van der Waals surface area (Å²) in [5, 5.41) is 5.24. The number of halogens is 1. The van der Waals surface area contributed by atoms with Crippen LogP contribution in [0.25, 0.3) is 10.8 Å². The van der Waals surface area contributed by atoms with E-state index in [4.69, 9.17) is 11.6 Å². The van der Waals surface area contributed by atoms with E-state index in [2.05, 4.69) is 5.32 Å². The van der Waals surface area contributed by atoms with E-state index in [9.17, 15) is 13.2 Å². The maximum Gasteiger partial charge on any atom is 0.240 e. The zero-order valence-electron chi connectivity index (χ0n) is 16.5. The molecule has 0 bridgehead atoms. The first-order chi connectivity index (χ1) is 14.4. The second kappa shape index (κ2) is 10.2. The molecular formula is C22H23ClN2O3S2. The van der Waals surface area contributed by atoms with E-state index in [1.54, 1.807) is 23.9 Å². The van der Waals surface area contributed by atoms with Crippen LogP contribution < -0.4 is 9.62 Å². The van der Waals surface area contributed by atoms with E-state index in [-0.39, 0.29) is 12.5 Å². The van der Waals surface area contributed by atoms with Crippen molar-refractivity contribution in [2.24, 2.45) is 0 Å². The minimum atomic E-state index is -3.63. The summed E-state index contributed by atoms with van der Waals surface area (Å²) in [5.41, 5.74) is 1.55. The molecule has 0 aromatic heterocycles. The number of nitrogens with zero attached hydrogens (tertiary/aromatic N) is 1. The van der Waals surface area contributed by atoms with Crippen LogP contribution in [0.4, 0.5) is 5.69 Å². The van der Waals surface area contributed by atoms with Crippen LogP contribution in [0.5, 0.6) is 0 Å². The fraction of sp³-hybridized carbons (Fsp3) is 0.227. The summed E-state index contributed by atoms with van der Waals surface area (Å²) >= 11 is 7.80. The monoisotopic (exact) mass is 462 g/mol. The molecule has 1 amide bonds. The van der Waals surface area contributed by atoms with Gasteiger partial charge >= 0.3 is 0 Å². The zero-order valence-corrected chi connectivity index (χ0v) is 18.9. The largest absolute Gasteiger partial charge is 0.354 e. The first-order valence-electron chi connectivity index (χ1n) is 9.39. The van der Waals surface area contributed by atoms with Gasteiger partial charge in [0.1, 0.15) is 6.54 Å². The van der Waals surface area contributed by atoms with Gasteiger partial charge in [0.05, 0.1) is 11.9 Å². The molecule has 0 fully saturated rings. The maximum atomic E-state index is 12.4. The molecule has 0 saturated heterocycles. The molecule has 5 nitrogen and oxygen atoms in total. The fourth-order valence-corrected chi connectivity index (χ4v) is 5.07. The highest BCUT2D eigenvalue weighted by molar-refractivity contribution is 7.98. The molecular weight excluding hydrogens is 440 g/mol. The summed E-state index contributed by atoms with van der Waals surface area (Å²) in [6.45, 7) is 0.184. The van der Waals surface area contributed by atoms with Crippen molar-refractivity contribution in [1.82, 2.24) is 5.32 Å². The number of nitrogens with one attached hydrogen (secondary N) is 1. The molecule has 0 aliphatic carbocycles. The normalized spacial score (nSPS) is 11.4. The molecule has 3 aromatic carbocycles. The smallest absolute Gasteiger partial charge is 0.240 e. The number of hydrogen-bond acceptors (Lipinski definition) is 4. The molecule has 0 atom stereocenters. The molecule has 0 aliphatic rings. The Balaban J connectivity index is 1.59. The third kappa shape index (κ3) is 5.90. The van der Waals surface area contributed by atoms with Crippen molar-refractivity contribution in [3.05, 3.63) is 77.3 Å². The first-order valence-corrected chi connectivity index (χ1v) is 12.8. The predicted octanol–water partition coefficient (Wildman–Crippen LogP) is 4.31. The van der Waals surface area contributed by atoms with Crippen LogP contribution in [-0.4, -0.2) is 39.4 Å². The van der Waals surface area contributed by atoms with Crippen LogP contribution in [0.1, 0.15) is 5.56 Å². The highest BCUT2D eigenvalue weighted by Gasteiger charge is 2.22. The summed E-state index contributed by atoms with van der Waals surface area (Å²) in [5.74, 6) is 1.11. The van der Waals surface area contributed by atoms with Gasteiger partial charge in [-0.2, -0.15) is 11.8 Å². The Morgan fingerprint density at radius 1 is 1.03 bits per heavy atom. The third-order valence-corrected chi connectivity index (χ3v) is 7.01. The van der Waals surface area contributed by atoms with Crippen molar-refractivity contribution >= 4 is 55.8 Å². The minimum Gasteiger partial charge on any atom is -0.354 e. The lowest BCUT2D eigenvalue weighted by Crippen LogP contribution is -2.41. The van der Waals surface area contributed by atoms with Gasteiger partial charge in [-0.15, -0.1) is 0 Å². The van der Waals surface area contributed by atoms with Crippen LogP contribution in [0.2, 0.25) is 5.02 Å². The predicted molar refractivity (Wildman–Crippen MR) is 127 cm³/mol. The quantitative estimate of drug-likeness (QED) is 0.481. The summed E-state index contributed by atoms with van der Waals surface area (Å²) < 4.78 is 26.0. The molecule has 0 radical (unpaired) electrons. The summed E-state index contributed by atoms with van der Waals surface area (Å²) in [7, 11) is -3.63. The van der Waals surface area contributed by atoms with Gasteiger partial charge < -0.3 is 5.32 Å². The summed E-state index contributed by atoms with van der Waals surface area (Å²) in [6, 6.07) is 20.6. The number of thioether (sulfide) groups is 1. The molecule has 0 spiro atoms. The van der Waals surface area contributed by atoms with Crippen molar-refractivity contribution < 1.29 is 13.2 Å². The Labute approximate surface area is 186 Å². The Hall–Kier alpha value is -2.22. The summed E-state index contributed by atoms with van der Waals surface area (Å²) in [4.78, 5) is 12.4. The average molecular weight is 463 g/mol. The highest BCUT2D eigenvalue weighted by Crippen LogP contribution is 2.28. The Morgan fingerprint density at radius 3 is 2.50 bits per heavy atom. The molecule has 0 heterocycles. The van der Waals surface area contributed by atoms with E-state index in [1.165, 1.54) is 0 Å². The lowest BCUT2D eigenvalue weighted by molar-refractivity contribution is -0.119. The number of carbonyl (C=O) groups is 1. The highest BCUT2D eigenvalue weighted by atomic mass is 35.5. The number of benzene rings is 3. The molecule has 30 heavy (non-hydrogen) atoms. The topological polar surface area (TPSA) is 66.5 Å². The van der Waals surface area contributed by atoms with Crippen LogP contribution in [-0.2, 0) is 20.6 Å². The second-order valence-electron chi connectivity index (χ2n) is 6.76. The van der Waals surface area contributed by atoms with Gasteiger partial charge in [0, 0.05) is 28.5 Å². The standard InChI is InChI=1S/C22H23ClN2O3S2/c1-30(27,28)25(21-12-6-9-17-7-2-4-10-19(17)21)15-22(26)24-13-14-29-16-18-8-3-5-11-20(18)23/h2-12H,13-16H2,1H3,(H,24,26).